The Bertz CT molecular complexity index is 618. The van der Waals surface area contributed by atoms with Crippen molar-refractivity contribution in [2.45, 2.75) is 52.6 Å². The average molecular weight is 378 g/mol. The third-order valence-electron chi connectivity index (χ3n) is 5.11. The van der Waals surface area contributed by atoms with Crippen molar-refractivity contribution >= 4 is 11.8 Å². The topological polar surface area (TPSA) is 52.7 Å². The van der Waals surface area contributed by atoms with E-state index in [2.05, 4.69) is 24.1 Å². The predicted molar refractivity (Wildman–Crippen MR) is 105 cm³/mol. The Morgan fingerprint density at radius 1 is 1.22 bits per heavy atom. The van der Waals surface area contributed by atoms with E-state index in [0.717, 1.165) is 38.2 Å². The smallest absolute Gasteiger partial charge is 0.222 e. The fourth-order valence-electron chi connectivity index (χ4n) is 3.60. The molecule has 1 aliphatic heterocycles. The Kier molecular flexibility index (Phi) is 8.23. The van der Waals surface area contributed by atoms with Crippen molar-refractivity contribution in [1.29, 1.82) is 0 Å². The van der Waals surface area contributed by atoms with Crippen LogP contribution in [0.3, 0.4) is 0 Å². The quantitative estimate of drug-likeness (QED) is 0.744. The summed E-state index contributed by atoms with van der Waals surface area (Å²) in [5.41, 5.74) is 1.09. The fourth-order valence-corrected chi connectivity index (χ4v) is 3.60. The molecule has 1 heterocycles. The first-order chi connectivity index (χ1) is 12.9. The highest BCUT2D eigenvalue weighted by Crippen LogP contribution is 2.20. The van der Waals surface area contributed by atoms with E-state index in [1.165, 1.54) is 19.1 Å². The highest BCUT2D eigenvalue weighted by Gasteiger charge is 2.29. The highest BCUT2D eigenvalue weighted by molar-refractivity contribution is 5.76. The van der Waals surface area contributed by atoms with Crippen molar-refractivity contribution in [2.75, 3.05) is 26.2 Å². The molecule has 0 radical (unpaired) electrons. The summed E-state index contributed by atoms with van der Waals surface area (Å²) in [6, 6.07) is 6.95. The Morgan fingerprint density at radius 3 is 2.56 bits per heavy atom. The molecule has 150 valence electrons. The molecule has 1 saturated heterocycles. The normalized spacial score (nSPS) is 18.4. The molecule has 0 unspecified atom stereocenters. The van der Waals surface area contributed by atoms with Gasteiger partial charge in [0, 0.05) is 52.1 Å². The first-order valence-corrected chi connectivity index (χ1v) is 9.87. The van der Waals surface area contributed by atoms with Gasteiger partial charge in [-0.25, -0.2) is 4.39 Å². The molecule has 1 N–H and O–H groups in total. The zero-order valence-electron chi connectivity index (χ0n) is 16.7. The standard InChI is InChI=1S/C21H32FN3O2/c1-16(2)20-15-25(21(27)6-4-11-23-17(3)26)13-5-12-24(20)14-18-7-9-19(22)10-8-18/h7-10,16,20H,4-6,11-15H2,1-3H3,(H,23,26)/t20-/m0/s1. The summed E-state index contributed by atoms with van der Waals surface area (Å²) >= 11 is 0. The number of amides is 2. The van der Waals surface area contributed by atoms with Crippen molar-refractivity contribution in [3.63, 3.8) is 0 Å². The van der Waals surface area contributed by atoms with Gasteiger partial charge in [-0.1, -0.05) is 26.0 Å². The van der Waals surface area contributed by atoms with Crippen LogP contribution in [-0.4, -0.2) is 53.8 Å². The first kappa shape index (κ1) is 21.4. The molecule has 1 aromatic rings. The van der Waals surface area contributed by atoms with Gasteiger partial charge >= 0.3 is 0 Å². The van der Waals surface area contributed by atoms with Crippen molar-refractivity contribution in [3.05, 3.63) is 35.6 Å². The fraction of sp³-hybridized carbons (Fsp3) is 0.619. The van der Waals surface area contributed by atoms with E-state index in [4.69, 9.17) is 0 Å². The largest absolute Gasteiger partial charge is 0.356 e. The van der Waals surface area contributed by atoms with E-state index < -0.39 is 0 Å². The van der Waals surface area contributed by atoms with Crippen molar-refractivity contribution in [1.82, 2.24) is 15.1 Å². The van der Waals surface area contributed by atoms with Crippen molar-refractivity contribution in [3.8, 4) is 0 Å². The second-order valence-electron chi connectivity index (χ2n) is 7.69. The molecule has 0 saturated carbocycles. The second-order valence-corrected chi connectivity index (χ2v) is 7.69. The molecule has 1 aromatic carbocycles. The van der Waals surface area contributed by atoms with Gasteiger partial charge in [-0.2, -0.15) is 0 Å². The van der Waals surface area contributed by atoms with Crippen LogP contribution >= 0.6 is 0 Å². The Labute approximate surface area is 161 Å². The van der Waals surface area contributed by atoms with Gasteiger partial charge in [-0.05, 0) is 36.5 Å². The highest BCUT2D eigenvalue weighted by atomic mass is 19.1. The third-order valence-corrected chi connectivity index (χ3v) is 5.11. The lowest BCUT2D eigenvalue weighted by Crippen LogP contribution is -2.45. The van der Waals surface area contributed by atoms with Gasteiger partial charge in [0.1, 0.15) is 5.82 Å². The number of rotatable bonds is 7. The molecule has 2 amide bonds. The number of carbonyl (C=O) groups is 2. The zero-order valence-corrected chi connectivity index (χ0v) is 16.7. The minimum atomic E-state index is -0.217. The first-order valence-electron chi connectivity index (χ1n) is 9.87. The summed E-state index contributed by atoms with van der Waals surface area (Å²) in [5, 5.41) is 2.74. The van der Waals surface area contributed by atoms with Crippen LogP contribution in [-0.2, 0) is 16.1 Å². The van der Waals surface area contributed by atoms with Crippen LogP contribution in [0.2, 0.25) is 0 Å². The summed E-state index contributed by atoms with van der Waals surface area (Å²) in [4.78, 5) is 27.9. The Morgan fingerprint density at radius 2 is 1.93 bits per heavy atom. The molecule has 5 nitrogen and oxygen atoms in total. The molecular weight excluding hydrogens is 345 g/mol. The van der Waals surface area contributed by atoms with Gasteiger partial charge in [-0.15, -0.1) is 0 Å². The predicted octanol–water partition coefficient (Wildman–Crippen LogP) is 2.80. The van der Waals surface area contributed by atoms with E-state index in [-0.39, 0.29) is 23.7 Å². The molecule has 0 spiro atoms. The minimum Gasteiger partial charge on any atom is -0.356 e. The lowest BCUT2D eigenvalue weighted by molar-refractivity contribution is -0.132. The van der Waals surface area contributed by atoms with E-state index in [1.807, 2.05) is 17.0 Å². The molecule has 1 aliphatic rings. The lowest BCUT2D eigenvalue weighted by atomic mass is 10.0. The van der Waals surface area contributed by atoms with E-state index in [1.54, 1.807) is 0 Å². The second kappa shape index (κ2) is 10.4. The van der Waals surface area contributed by atoms with Crippen molar-refractivity contribution in [2.24, 2.45) is 5.92 Å². The number of carbonyl (C=O) groups excluding carboxylic acids is 2. The van der Waals surface area contributed by atoms with Gasteiger partial charge < -0.3 is 10.2 Å². The van der Waals surface area contributed by atoms with Crippen LogP contribution in [0.5, 0.6) is 0 Å². The van der Waals surface area contributed by atoms with Gasteiger partial charge in [-0.3, -0.25) is 14.5 Å². The average Bonchev–Trinajstić information content (AvgIpc) is 2.83. The van der Waals surface area contributed by atoms with E-state index in [0.29, 0.717) is 25.3 Å². The summed E-state index contributed by atoms with van der Waals surface area (Å²) < 4.78 is 13.2. The third kappa shape index (κ3) is 6.94. The number of nitrogens with one attached hydrogen (secondary N) is 1. The number of nitrogens with zero attached hydrogens (tertiary/aromatic N) is 2. The van der Waals surface area contributed by atoms with Gasteiger partial charge in [0.25, 0.3) is 0 Å². The van der Waals surface area contributed by atoms with Crippen LogP contribution in [0.25, 0.3) is 0 Å². The number of hydrogen-bond acceptors (Lipinski definition) is 3. The summed E-state index contributed by atoms with van der Waals surface area (Å²) in [5.74, 6) is 0.299. The summed E-state index contributed by atoms with van der Waals surface area (Å²) in [6.07, 6.45) is 2.06. The summed E-state index contributed by atoms with van der Waals surface area (Å²) in [7, 11) is 0. The molecule has 2 rings (SSSR count). The van der Waals surface area contributed by atoms with Crippen molar-refractivity contribution < 1.29 is 14.0 Å². The van der Waals surface area contributed by atoms with Gasteiger partial charge in [0.2, 0.25) is 11.8 Å². The Balaban J connectivity index is 1.95. The number of benzene rings is 1. The van der Waals surface area contributed by atoms with Crippen LogP contribution in [0.4, 0.5) is 4.39 Å². The number of halogens is 1. The van der Waals surface area contributed by atoms with Gasteiger partial charge in [0.15, 0.2) is 0 Å². The van der Waals surface area contributed by atoms with Crippen LogP contribution in [0.15, 0.2) is 24.3 Å². The van der Waals surface area contributed by atoms with Crippen LogP contribution in [0, 0.1) is 11.7 Å². The maximum atomic E-state index is 13.2. The monoisotopic (exact) mass is 377 g/mol. The molecule has 1 fully saturated rings. The molecule has 0 aromatic heterocycles. The number of hydrogen-bond donors (Lipinski definition) is 1. The van der Waals surface area contributed by atoms with Crippen LogP contribution < -0.4 is 5.32 Å². The molecule has 0 aliphatic carbocycles. The summed E-state index contributed by atoms with van der Waals surface area (Å²) in [6.45, 7) is 9.59. The Hall–Kier alpha value is -1.95. The molecular formula is C21H32FN3O2. The lowest BCUT2D eigenvalue weighted by Gasteiger charge is -2.34. The SMILES string of the molecule is CC(=O)NCCCC(=O)N1CCCN(Cc2ccc(F)cc2)[C@H](C(C)C)C1. The van der Waals surface area contributed by atoms with E-state index in [9.17, 15) is 14.0 Å². The molecule has 27 heavy (non-hydrogen) atoms. The zero-order chi connectivity index (χ0) is 19.8. The van der Waals surface area contributed by atoms with E-state index >= 15 is 0 Å². The maximum Gasteiger partial charge on any atom is 0.222 e. The molecule has 1 atom stereocenters. The molecule has 6 heteroatoms. The van der Waals surface area contributed by atoms with Crippen LogP contribution in [0.1, 0.15) is 45.6 Å². The maximum absolute atomic E-state index is 13.2. The van der Waals surface area contributed by atoms with Gasteiger partial charge in [0.05, 0.1) is 0 Å². The minimum absolute atomic E-state index is 0.0615. The molecule has 0 bridgehead atoms.